The molecule has 1 aromatic heterocycles. The predicted molar refractivity (Wildman–Crippen MR) is 68.9 cm³/mol. The van der Waals surface area contributed by atoms with Gasteiger partial charge in [0.25, 0.3) is 0 Å². The summed E-state index contributed by atoms with van der Waals surface area (Å²) in [6, 6.07) is 7.95. The largest absolute Gasteiger partial charge is 0.325 e. The summed E-state index contributed by atoms with van der Waals surface area (Å²) >= 11 is 7.46. The van der Waals surface area contributed by atoms with Gasteiger partial charge in [0.1, 0.15) is 5.01 Å². The van der Waals surface area contributed by atoms with Gasteiger partial charge in [0.15, 0.2) is 0 Å². The van der Waals surface area contributed by atoms with E-state index in [9.17, 15) is 0 Å². The quantitative estimate of drug-likeness (QED) is 0.909. The molecule has 4 heteroatoms. The Hall–Kier alpha value is -0.900. The number of hydrogen-bond acceptors (Lipinski definition) is 3. The molecule has 0 saturated carbocycles. The van der Waals surface area contributed by atoms with E-state index < -0.39 is 0 Å². The van der Waals surface area contributed by atoms with Crippen LogP contribution >= 0.6 is 22.9 Å². The second-order valence-electron chi connectivity index (χ2n) is 3.56. The summed E-state index contributed by atoms with van der Waals surface area (Å²) < 4.78 is 0. The van der Waals surface area contributed by atoms with Crippen LogP contribution in [0.3, 0.4) is 0 Å². The molecule has 0 aliphatic carbocycles. The van der Waals surface area contributed by atoms with Crippen LogP contribution in [0.25, 0.3) is 0 Å². The highest BCUT2D eigenvalue weighted by Gasteiger charge is 2.01. The number of benzene rings is 1. The lowest BCUT2D eigenvalue weighted by Gasteiger charge is -1.99. The zero-order valence-corrected chi connectivity index (χ0v) is 10.4. The lowest BCUT2D eigenvalue weighted by molar-refractivity contribution is 0.904. The van der Waals surface area contributed by atoms with Crippen molar-refractivity contribution >= 4 is 22.9 Å². The number of hydrogen-bond donors (Lipinski definition) is 1. The maximum atomic E-state index is 5.83. The van der Waals surface area contributed by atoms with Gasteiger partial charge in [-0.1, -0.05) is 23.7 Å². The molecule has 2 nitrogen and oxygen atoms in total. The molecule has 2 aromatic rings. The van der Waals surface area contributed by atoms with E-state index in [1.807, 2.05) is 12.1 Å². The molecule has 0 atom stereocenters. The van der Waals surface area contributed by atoms with Crippen molar-refractivity contribution in [1.82, 2.24) is 4.98 Å². The summed E-state index contributed by atoms with van der Waals surface area (Å²) in [5, 5.41) is 3.87. The average molecular weight is 253 g/mol. The molecule has 16 heavy (non-hydrogen) atoms. The SMILES string of the molecule is NCc1nc(CCc2ccc(Cl)cc2)cs1. The molecule has 1 aromatic carbocycles. The highest BCUT2D eigenvalue weighted by Crippen LogP contribution is 2.14. The number of aromatic nitrogens is 1. The van der Waals surface area contributed by atoms with Gasteiger partial charge in [0.2, 0.25) is 0 Å². The molecule has 0 fully saturated rings. The fraction of sp³-hybridized carbons (Fsp3) is 0.250. The lowest BCUT2D eigenvalue weighted by Crippen LogP contribution is -1.96. The number of rotatable bonds is 4. The first-order chi connectivity index (χ1) is 7.78. The Labute approximate surface area is 104 Å². The van der Waals surface area contributed by atoms with E-state index in [0.29, 0.717) is 6.54 Å². The Kier molecular flexibility index (Phi) is 3.93. The van der Waals surface area contributed by atoms with Crippen LogP contribution in [0, 0.1) is 0 Å². The van der Waals surface area contributed by atoms with E-state index in [1.165, 1.54) is 5.56 Å². The van der Waals surface area contributed by atoms with Crippen molar-refractivity contribution in [1.29, 1.82) is 0 Å². The van der Waals surface area contributed by atoms with Crippen LogP contribution in [0.5, 0.6) is 0 Å². The zero-order chi connectivity index (χ0) is 11.4. The van der Waals surface area contributed by atoms with Gasteiger partial charge in [-0.15, -0.1) is 11.3 Å². The Morgan fingerprint density at radius 3 is 2.56 bits per heavy atom. The first kappa shape index (κ1) is 11.6. The van der Waals surface area contributed by atoms with Crippen molar-refractivity contribution in [3.63, 3.8) is 0 Å². The molecule has 0 radical (unpaired) electrons. The van der Waals surface area contributed by atoms with Crippen molar-refractivity contribution in [2.45, 2.75) is 19.4 Å². The molecule has 0 aliphatic heterocycles. The maximum absolute atomic E-state index is 5.83. The van der Waals surface area contributed by atoms with E-state index in [1.54, 1.807) is 11.3 Å². The number of aryl methyl sites for hydroxylation is 2. The van der Waals surface area contributed by atoms with Gasteiger partial charge < -0.3 is 5.73 Å². The summed E-state index contributed by atoms with van der Waals surface area (Å²) in [6.45, 7) is 0.533. The van der Waals surface area contributed by atoms with Crippen molar-refractivity contribution in [3.8, 4) is 0 Å². The minimum absolute atomic E-state index is 0.533. The molecule has 2 rings (SSSR count). The van der Waals surface area contributed by atoms with Crippen LogP contribution < -0.4 is 5.73 Å². The van der Waals surface area contributed by atoms with Crippen molar-refractivity contribution < 1.29 is 0 Å². The fourth-order valence-electron chi connectivity index (χ4n) is 1.48. The lowest BCUT2D eigenvalue weighted by atomic mass is 10.1. The topological polar surface area (TPSA) is 38.9 Å². The van der Waals surface area contributed by atoms with E-state index >= 15 is 0 Å². The smallest absolute Gasteiger partial charge is 0.106 e. The number of nitrogens with zero attached hydrogens (tertiary/aromatic N) is 1. The molecule has 0 aliphatic rings. The van der Waals surface area contributed by atoms with Crippen LogP contribution in [-0.2, 0) is 19.4 Å². The number of halogens is 1. The fourth-order valence-corrected chi connectivity index (χ4v) is 2.32. The Morgan fingerprint density at radius 1 is 1.19 bits per heavy atom. The first-order valence-electron chi connectivity index (χ1n) is 5.15. The van der Waals surface area contributed by atoms with Crippen LogP contribution in [0.1, 0.15) is 16.3 Å². The Balaban J connectivity index is 1.94. The summed E-state index contributed by atoms with van der Waals surface area (Å²) in [7, 11) is 0. The minimum atomic E-state index is 0.533. The van der Waals surface area contributed by atoms with E-state index in [0.717, 1.165) is 28.6 Å². The second kappa shape index (κ2) is 5.43. The predicted octanol–water partition coefficient (Wildman–Crippen LogP) is 3.04. The summed E-state index contributed by atoms with van der Waals surface area (Å²) in [5.41, 5.74) is 7.93. The van der Waals surface area contributed by atoms with Crippen molar-refractivity contribution in [2.75, 3.05) is 0 Å². The second-order valence-corrected chi connectivity index (χ2v) is 4.94. The average Bonchev–Trinajstić information content (AvgIpc) is 2.76. The third-order valence-electron chi connectivity index (χ3n) is 2.36. The van der Waals surface area contributed by atoms with Crippen molar-refractivity contribution in [3.05, 3.63) is 50.9 Å². The Bertz CT molecular complexity index is 450. The van der Waals surface area contributed by atoms with Gasteiger partial charge in [0.05, 0.1) is 5.69 Å². The summed E-state index contributed by atoms with van der Waals surface area (Å²) in [4.78, 5) is 4.43. The van der Waals surface area contributed by atoms with E-state index in [4.69, 9.17) is 17.3 Å². The van der Waals surface area contributed by atoms with Gasteiger partial charge in [0, 0.05) is 16.9 Å². The third kappa shape index (κ3) is 3.04. The number of thiazole rings is 1. The van der Waals surface area contributed by atoms with Crippen LogP contribution in [-0.4, -0.2) is 4.98 Å². The molecule has 0 spiro atoms. The highest BCUT2D eigenvalue weighted by molar-refractivity contribution is 7.09. The molecular formula is C12H13ClN2S. The van der Waals surface area contributed by atoms with E-state index in [2.05, 4.69) is 22.5 Å². The van der Waals surface area contributed by atoms with Gasteiger partial charge in [-0.3, -0.25) is 0 Å². The van der Waals surface area contributed by atoms with Gasteiger partial charge in [-0.05, 0) is 30.5 Å². The van der Waals surface area contributed by atoms with Crippen LogP contribution in [0.4, 0.5) is 0 Å². The van der Waals surface area contributed by atoms with Crippen LogP contribution in [0.15, 0.2) is 29.6 Å². The zero-order valence-electron chi connectivity index (χ0n) is 8.82. The van der Waals surface area contributed by atoms with E-state index in [-0.39, 0.29) is 0 Å². The molecule has 0 amide bonds. The standard InChI is InChI=1S/C12H13ClN2S/c13-10-4-1-9(2-5-10)3-6-11-8-16-12(7-14)15-11/h1-2,4-5,8H,3,6-7,14H2. The molecule has 2 N–H and O–H groups in total. The summed E-state index contributed by atoms with van der Waals surface area (Å²) in [5.74, 6) is 0. The van der Waals surface area contributed by atoms with Crippen LogP contribution in [0.2, 0.25) is 5.02 Å². The normalized spacial score (nSPS) is 10.6. The molecule has 1 heterocycles. The minimum Gasteiger partial charge on any atom is -0.325 e. The first-order valence-corrected chi connectivity index (χ1v) is 6.41. The monoisotopic (exact) mass is 252 g/mol. The number of nitrogens with two attached hydrogens (primary N) is 1. The highest BCUT2D eigenvalue weighted by atomic mass is 35.5. The van der Waals surface area contributed by atoms with Gasteiger partial charge >= 0.3 is 0 Å². The molecular weight excluding hydrogens is 240 g/mol. The maximum Gasteiger partial charge on any atom is 0.106 e. The molecule has 0 bridgehead atoms. The van der Waals surface area contributed by atoms with Gasteiger partial charge in [-0.2, -0.15) is 0 Å². The van der Waals surface area contributed by atoms with Gasteiger partial charge in [-0.25, -0.2) is 4.98 Å². The Morgan fingerprint density at radius 2 is 1.94 bits per heavy atom. The van der Waals surface area contributed by atoms with Crippen molar-refractivity contribution in [2.24, 2.45) is 5.73 Å². The molecule has 84 valence electrons. The summed E-state index contributed by atoms with van der Waals surface area (Å²) in [6.07, 6.45) is 1.95. The third-order valence-corrected chi connectivity index (χ3v) is 3.53. The molecule has 0 saturated heterocycles. The molecule has 0 unspecified atom stereocenters.